The summed E-state index contributed by atoms with van der Waals surface area (Å²) in [4.78, 5) is 27.7. The van der Waals surface area contributed by atoms with Crippen LogP contribution in [-0.2, 0) is 0 Å². The molecular weight excluding hydrogens is 410 g/mol. The fraction of sp³-hybridized carbons (Fsp3) is 0.190. The number of aromatic nitrogens is 1. The summed E-state index contributed by atoms with van der Waals surface area (Å²) in [5, 5.41) is 5.25. The Labute approximate surface area is 175 Å². The molecule has 0 bridgehead atoms. The molecule has 1 fully saturated rings. The predicted molar refractivity (Wildman–Crippen MR) is 108 cm³/mol. The maximum absolute atomic E-state index is 14.6. The first-order valence-corrected chi connectivity index (χ1v) is 9.37. The van der Waals surface area contributed by atoms with Gasteiger partial charge < -0.3 is 25.8 Å². The molecule has 3 amide bonds. The molecule has 2 aromatic carbocycles. The molecule has 1 aliphatic rings. The average molecular weight is 428 g/mol. The Balaban J connectivity index is 1.65. The Kier molecular flexibility index (Phi) is 5.28. The van der Waals surface area contributed by atoms with Gasteiger partial charge in [0.15, 0.2) is 11.6 Å². The lowest BCUT2D eigenvalue weighted by Gasteiger charge is -2.13. The lowest BCUT2D eigenvalue weighted by molar-refractivity contribution is 0.0997. The molecular formula is C21H18F2N4O4. The summed E-state index contributed by atoms with van der Waals surface area (Å²) >= 11 is 0. The summed E-state index contributed by atoms with van der Waals surface area (Å²) in [7, 11) is 1.38. The van der Waals surface area contributed by atoms with E-state index in [4.69, 9.17) is 15.2 Å². The number of nitrogens with one attached hydrogen (secondary N) is 2. The zero-order valence-electron chi connectivity index (χ0n) is 16.4. The first kappa shape index (κ1) is 20.3. The number of nitrogens with zero attached hydrogens (tertiary/aromatic N) is 1. The smallest absolute Gasteiger partial charge is 0.319 e. The molecule has 10 heteroatoms. The van der Waals surface area contributed by atoms with Crippen molar-refractivity contribution in [2.75, 3.05) is 12.4 Å². The second-order valence-electron chi connectivity index (χ2n) is 6.96. The van der Waals surface area contributed by atoms with Crippen molar-refractivity contribution >= 4 is 28.5 Å². The number of halogens is 2. The van der Waals surface area contributed by atoms with E-state index in [-0.39, 0.29) is 28.8 Å². The predicted octanol–water partition coefficient (Wildman–Crippen LogP) is 3.70. The summed E-state index contributed by atoms with van der Waals surface area (Å²) in [5.41, 5.74) is 5.55. The number of rotatable bonds is 6. The number of methoxy groups -OCH3 is 1. The monoisotopic (exact) mass is 428 g/mol. The maximum atomic E-state index is 14.6. The van der Waals surface area contributed by atoms with E-state index in [1.165, 1.54) is 43.6 Å². The quantitative estimate of drug-likeness (QED) is 0.554. The highest BCUT2D eigenvalue weighted by Crippen LogP contribution is 2.35. The van der Waals surface area contributed by atoms with Gasteiger partial charge in [-0.05, 0) is 37.1 Å². The number of urea groups is 1. The third-order valence-corrected chi connectivity index (χ3v) is 4.72. The van der Waals surface area contributed by atoms with Gasteiger partial charge in [-0.15, -0.1) is 0 Å². The van der Waals surface area contributed by atoms with Crippen LogP contribution >= 0.6 is 0 Å². The van der Waals surface area contributed by atoms with Crippen molar-refractivity contribution in [3.8, 4) is 17.2 Å². The van der Waals surface area contributed by atoms with Crippen molar-refractivity contribution in [2.24, 2.45) is 5.73 Å². The second-order valence-corrected chi connectivity index (χ2v) is 6.96. The summed E-state index contributed by atoms with van der Waals surface area (Å²) in [6.45, 7) is 0. The molecule has 1 saturated carbocycles. The van der Waals surface area contributed by atoms with Gasteiger partial charge in [-0.25, -0.2) is 9.18 Å². The second kappa shape index (κ2) is 8.05. The van der Waals surface area contributed by atoms with Crippen molar-refractivity contribution in [3.05, 3.63) is 53.7 Å². The van der Waals surface area contributed by atoms with E-state index in [1.807, 2.05) is 0 Å². The number of nitrogens with two attached hydrogens (primary N) is 1. The number of ether oxygens (including phenoxy) is 2. The number of primary amides is 1. The Morgan fingerprint density at radius 2 is 1.87 bits per heavy atom. The Morgan fingerprint density at radius 3 is 2.55 bits per heavy atom. The Hall–Kier alpha value is -3.95. The minimum absolute atomic E-state index is 0.0689. The number of hydrogen-bond acceptors (Lipinski definition) is 5. The minimum atomic E-state index is -1.28. The van der Waals surface area contributed by atoms with Crippen molar-refractivity contribution in [1.29, 1.82) is 0 Å². The summed E-state index contributed by atoms with van der Waals surface area (Å²) in [5.74, 6) is -3.33. The van der Waals surface area contributed by atoms with E-state index in [1.54, 1.807) is 0 Å². The lowest BCUT2D eigenvalue weighted by Crippen LogP contribution is -2.30. The number of carbonyl (C=O) groups excluding carboxylic acids is 2. The zero-order valence-corrected chi connectivity index (χ0v) is 16.4. The third-order valence-electron chi connectivity index (χ3n) is 4.72. The normalized spacial score (nSPS) is 13.0. The maximum Gasteiger partial charge on any atom is 0.319 e. The van der Waals surface area contributed by atoms with Gasteiger partial charge in [0.05, 0.1) is 23.9 Å². The number of fused-ring (bicyclic) bond motifs is 1. The van der Waals surface area contributed by atoms with Crippen LogP contribution in [0.3, 0.4) is 0 Å². The Bertz CT molecular complexity index is 1200. The van der Waals surface area contributed by atoms with Crippen LogP contribution in [-0.4, -0.2) is 30.1 Å². The highest BCUT2D eigenvalue weighted by Gasteiger charge is 2.24. The molecule has 0 spiro atoms. The van der Waals surface area contributed by atoms with Crippen LogP contribution in [0.5, 0.6) is 17.2 Å². The van der Waals surface area contributed by atoms with Crippen molar-refractivity contribution < 1.29 is 27.8 Å². The van der Waals surface area contributed by atoms with Crippen LogP contribution in [0.25, 0.3) is 10.9 Å². The van der Waals surface area contributed by atoms with E-state index in [9.17, 15) is 18.4 Å². The minimum Gasteiger partial charge on any atom is -0.496 e. The summed E-state index contributed by atoms with van der Waals surface area (Å²) in [6, 6.07) is 6.18. The molecule has 4 N–H and O–H groups in total. The van der Waals surface area contributed by atoms with Gasteiger partial charge >= 0.3 is 6.03 Å². The molecule has 8 nitrogen and oxygen atoms in total. The van der Waals surface area contributed by atoms with Gasteiger partial charge in [0, 0.05) is 23.7 Å². The van der Waals surface area contributed by atoms with E-state index < -0.39 is 29.3 Å². The van der Waals surface area contributed by atoms with Crippen LogP contribution in [0.2, 0.25) is 0 Å². The van der Waals surface area contributed by atoms with Gasteiger partial charge in [-0.3, -0.25) is 9.78 Å². The first-order chi connectivity index (χ1) is 14.9. The lowest BCUT2D eigenvalue weighted by atomic mass is 10.1. The van der Waals surface area contributed by atoms with Crippen LogP contribution in [0.1, 0.15) is 23.2 Å². The number of carbonyl (C=O) groups is 2. The zero-order chi connectivity index (χ0) is 22.1. The Morgan fingerprint density at radius 1 is 1.10 bits per heavy atom. The molecule has 0 radical (unpaired) electrons. The van der Waals surface area contributed by atoms with Gasteiger partial charge in [0.25, 0.3) is 5.91 Å². The molecule has 4 rings (SSSR count). The number of hydrogen-bond donors (Lipinski definition) is 3. The highest BCUT2D eigenvalue weighted by atomic mass is 19.2. The standard InChI is InChI=1S/C21H18F2N4O4/c1-30-17-9-14-11(8-12(17)20(24)28)15(6-7-25-14)31-16-5-4-13(18(22)19(16)23)27-21(29)26-10-2-3-10/h4-10H,2-3H2,1H3,(H2,24,28)(H2,26,27,29). The van der Waals surface area contributed by atoms with E-state index >= 15 is 0 Å². The molecule has 3 aromatic rings. The average Bonchev–Trinajstić information content (AvgIpc) is 3.56. The van der Waals surface area contributed by atoms with Gasteiger partial charge in [-0.2, -0.15) is 4.39 Å². The van der Waals surface area contributed by atoms with Crippen LogP contribution in [0.15, 0.2) is 36.5 Å². The van der Waals surface area contributed by atoms with E-state index in [0.29, 0.717) is 10.9 Å². The highest BCUT2D eigenvalue weighted by molar-refractivity contribution is 6.01. The largest absolute Gasteiger partial charge is 0.496 e. The van der Waals surface area contributed by atoms with Crippen molar-refractivity contribution in [3.63, 3.8) is 0 Å². The van der Waals surface area contributed by atoms with Crippen molar-refractivity contribution in [2.45, 2.75) is 18.9 Å². The molecule has 0 atom stereocenters. The topological polar surface area (TPSA) is 116 Å². The molecule has 160 valence electrons. The molecule has 1 heterocycles. The molecule has 0 unspecified atom stereocenters. The number of benzene rings is 2. The van der Waals surface area contributed by atoms with E-state index in [2.05, 4.69) is 15.6 Å². The van der Waals surface area contributed by atoms with Crippen LogP contribution in [0.4, 0.5) is 19.3 Å². The van der Waals surface area contributed by atoms with Gasteiger partial charge in [-0.1, -0.05) is 0 Å². The number of pyridine rings is 1. The van der Waals surface area contributed by atoms with Crippen molar-refractivity contribution in [1.82, 2.24) is 10.3 Å². The van der Waals surface area contributed by atoms with E-state index in [0.717, 1.165) is 12.8 Å². The summed E-state index contributed by atoms with van der Waals surface area (Å²) in [6.07, 6.45) is 3.13. The first-order valence-electron chi connectivity index (χ1n) is 9.37. The summed E-state index contributed by atoms with van der Waals surface area (Å²) < 4.78 is 39.8. The van der Waals surface area contributed by atoms with Gasteiger partial charge in [0.2, 0.25) is 5.82 Å². The molecule has 0 saturated heterocycles. The molecule has 0 aliphatic heterocycles. The van der Waals surface area contributed by atoms with Crippen LogP contribution in [0, 0.1) is 11.6 Å². The molecule has 1 aromatic heterocycles. The number of amides is 3. The number of anilines is 1. The molecule has 1 aliphatic carbocycles. The van der Waals surface area contributed by atoms with Crippen LogP contribution < -0.4 is 25.8 Å². The molecule has 31 heavy (non-hydrogen) atoms. The van der Waals surface area contributed by atoms with Gasteiger partial charge in [0.1, 0.15) is 11.5 Å². The fourth-order valence-electron chi connectivity index (χ4n) is 3.00. The third kappa shape index (κ3) is 4.18. The fourth-order valence-corrected chi connectivity index (χ4v) is 3.00. The SMILES string of the molecule is COc1cc2nccc(Oc3ccc(NC(=O)NC4CC4)c(F)c3F)c2cc1C(N)=O.